The molecule has 6 heteroatoms. The molecule has 1 aromatic carbocycles. The molecule has 0 saturated heterocycles. The van der Waals surface area contributed by atoms with Crippen LogP contribution in [0.1, 0.15) is 25.7 Å². The lowest BCUT2D eigenvalue weighted by atomic mass is 9.82. The van der Waals surface area contributed by atoms with Crippen LogP contribution in [0.3, 0.4) is 0 Å². The van der Waals surface area contributed by atoms with Gasteiger partial charge in [0.25, 0.3) is 0 Å². The lowest BCUT2D eigenvalue weighted by Gasteiger charge is -2.29. The number of carbonyl (C=O) groups excluding carboxylic acids is 1. The van der Waals surface area contributed by atoms with Crippen molar-refractivity contribution in [2.24, 2.45) is 23.6 Å². The van der Waals surface area contributed by atoms with Gasteiger partial charge in [-0.1, -0.05) is 18.2 Å². The zero-order valence-electron chi connectivity index (χ0n) is 14.5. The fourth-order valence-corrected chi connectivity index (χ4v) is 3.16. The van der Waals surface area contributed by atoms with Crippen molar-refractivity contribution >= 4 is 5.91 Å². The van der Waals surface area contributed by atoms with Gasteiger partial charge < -0.3 is 10.1 Å². The van der Waals surface area contributed by atoms with E-state index >= 15 is 0 Å². The summed E-state index contributed by atoms with van der Waals surface area (Å²) in [5, 5.41) is 2.98. The van der Waals surface area contributed by atoms with Crippen LogP contribution in [0.15, 0.2) is 36.9 Å². The highest BCUT2D eigenvalue weighted by atomic mass is 19.1. The molecular weight excluding hydrogens is 321 g/mol. The quantitative estimate of drug-likeness (QED) is 0.363. The fraction of sp³-hybridized carbons (Fsp3) is 0.526. The maximum atomic E-state index is 13.5. The van der Waals surface area contributed by atoms with E-state index in [9.17, 15) is 9.18 Å². The SMILES string of the molecule is C=CC(CNN)C(=O)NCC1CCC(COc2ccccc2F)CC1. The summed E-state index contributed by atoms with van der Waals surface area (Å²) in [4.78, 5) is 12.0. The van der Waals surface area contributed by atoms with Crippen LogP contribution in [0.2, 0.25) is 0 Å². The summed E-state index contributed by atoms with van der Waals surface area (Å²) < 4.78 is 19.2. The van der Waals surface area contributed by atoms with Gasteiger partial charge in [-0.15, -0.1) is 6.58 Å². The minimum absolute atomic E-state index is 0.0436. The Morgan fingerprint density at radius 1 is 1.32 bits per heavy atom. The van der Waals surface area contributed by atoms with Crippen molar-refractivity contribution in [3.8, 4) is 5.75 Å². The number of nitrogens with two attached hydrogens (primary N) is 1. The van der Waals surface area contributed by atoms with Gasteiger partial charge in [-0.3, -0.25) is 16.1 Å². The van der Waals surface area contributed by atoms with Crippen molar-refractivity contribution < 1.29 is 13.9 Å². The summed E-state index contributed by atoms with van der Waals surface area (Å²) >= 11 is 0. The Labute approximate surface area is 148 Å². The highest BCUT2D eigenvalue weighted by Crippen LogP contribution is 2.29. The monoisotopic (exact) mass is 349 g/mol. The van der Waals surface area contributed by atoms with E-state index in [1.165, 1.54) is 6.07 Å². The zero-order valence-corrected chi connectivity index (χ0v) is 14.5. The lowest BCUT2D eigenvalue weighted by molar-refractivity contribution is -0.123. The normalized spacial score (nSPS) is 21.4. The largest absolute Gasteiger partial charge is 0.490 e. The predicted octanol–water partition coefficient (Wildman–Crippen LogP) is 2.39. The highest BCUT2D eigenvalue weighted by molar-refractivity contribution is 5.80. The number of halogens is 1. The van der Waals surface area contributed by atoms with E-state index in [-0.39, 0.29) is 17.6 Å². The highest BCUT2D eigenvalue weighted by Gasteiger charge is 2.23. The average Bonchev–Trinajstić information content (AvgIpc) is 2.64. The molecular formula is C19H28FN3O2. The summed E-state index contributed by atoms with van der Waals surface area (Å²) in [5.74, 6) is 5.83. The van der Waals surface area contributed by atoms with E-state index < -0.39 is 0 Å². The fourth-order valence-electron chi connectivity index (χ4n) is 3.16. The average molecular weight is 349 g/mol. The van der Waals surface area contributed by atoms with Gasteiger partial charge in [-0.05, 0) is 49.7 Å². The lowest BCUT2D eigenvalue weighted by Crippen LogP contribution is -2.40. The number of hydrogen-bond donors (Lipinski definition) is 3. The summed E-state index contributed by atoms with van der Waals surface area (Å²) in [6, 6.07) is 6.49. The summed E-state index contributed by atoms with van der Waals surface area (Å²) in [6.45, 7) is 5.26. The van der Waals surface area contributed by atoms with Gasteiger partial charge in [0.1, 0.15) is 0 Å². The Hall–Kier alpha value is -1.92. The van der Waals surface area contributed by atoms with E-state index in [1.54, 1.807) is 24.3 Å². The maximum Gasteiger partial charge on any atom is 0.228 e. The Kier molecular flexibility index (Phi) is 7.88. The molecule has 1 aromatic rings. The number of hydrazine groups is 1. The Morgan fingerprint density at radius 3 is 2.64 bits per heavy atom. The molecule has 0 spiro atoms. The maximum absolute atomic E-state index is 13.5. The third kappa shape index (κ3) is 6.14. The number of amides is 1. The summed E-state index contributed by atoms with van der Waals surface area (Å²) in [6.07, 6.45) is 5.75. The molecule has 0 heterocycles. The molecule has 1 aliphatic carbocycles. The third-order valence-corrected chi connectivity index (χ3v) is 4.80. The minimum atomic E-state index is -0.317. The predicted molar refractivity (Wildman–Crippen MR) is 96.2 cm³/mol. The molecule has 0 aromatic heterocycles. The van der Waals surface area contributed by atoms with Crippen LogP contribution in [0.4, 0.5) is 4.39 Å². The van der Waals surface area contributed by atoms with E-state index in [1.807, 2.05) is 0 Å². The first-order valence-electron chi connectivity index (χ1n) is 8.85. The minimum Gasteiger partial charge on any atom is -0.490 e. The van der Waals surface area contributed by atoms with Gasteiger partial charge in [-0.2, -0.15) is 0 Å². The molecule has 1 unspecified atom stereocenters. The molecule has 4 N–H and O–H groups in total. The van der Waals surface area contributed by atoms with E-state index in [0.29, 0.717) is 37.3 Å². The molecule has 1 amide bonds. The number of benzene rings is 1. The Balaban J connectivity index is 1.67. The molecule has 1 atom stereocenters. The van der Waals surface area contributed by atoms with Crippen molar-refractivity contribution in [3.63, 3.8) is 0 Å². The van der Waals surface area contributed by atoms with Crippen molar-refractivity contribution in [2.45, 2.75) is 25.7 Å². The van der Waals surface area contributed by atoms with Gasteiger partial charge in [-0.25, -0.2) is 4.39 Å². The van der Waals surface area contributed by atoms with Crippen LogP contribution in [0, 0.1) is 23.6 Å². The number of nitrogens with one attached hydrogen (secondary N) is 2. The van der Waals surface area contributed by atoms with E-state index in [4.69, 9.17) is 10.6 Å². The van der Waals surface area contributed by atoms with Crippen LogP contribution in [0.25, 0.3) is 0 Å². The molecule has 1 fully saturated rings. The molecule has 138 valence electrons. The first-order chi connectivity index (χ1) is 12.1. The third-order valence-electron chi connectivity index (χ3n) is 4.80. The van der Waals surface area contributed by atoms with Crippen LogP contribution >= 0.6 is 0 Å². The Bertz CT molecular complexity index is 559. The first-order valence-corrected chi connectivity index (χ1v) is 8.85. The van der Waals surface area contributed by atoms with E-state index in [0.717, 1.165) is 25.7 Å². The molecule has 0 radical (unpaired) electrons. The Morgan fingerprint density at radius 2 is 2.00 bits per heavy atom. The van der Waals surface area contributed by atoms with Crippen LogP contribution in [-0.4, -0.2) is 25.6 Å². The van der Waals surface area contributed by atoms with Gasteiger partial charge in [0.05, 0.1) is 12.5 Å². The number of ether oxygens (including phenoxy) is 1. The standard InChI is InChI=1S/C19H28FN3O2/c1-2-16(12-23-21)19(24)22-11-14-7-9-15(10-8-14)13-25-18-6-4-3-5-17(18)20/h2-6,14-16,23H,1,7-13,21H2,(H,22,24). The molecule has 2 rings (SSSR count). The number of hydrogen-bond acceptors (Lipinski definition) is 4. The summed E-state index contributed by atoms with van der Waals surface area (Å²) in [5.41, 5.74) is 2.50. The van der Waals surface area contributed by atoms with Crippen LogP contribution in [-0.2, 0) is 4.79 Å². The molecule has 25 heavy (non-hydrogen) atoms. The molecule has 0 bridgehead atoms. The van der Waals surface area contributed by atoms with Crippen LogP contribution in [0.5, 0.6) is 5.75 Å². The van der Waals surface area contributed by atoms with Crippen molar-refractivity contribution in [1.29, 1.82) is 0 Å². The van der Waals surface area contributed by atoms with E-state index in [2.05, 4.69) is 17.3 Å². The second-order valence-corrected chi connectivity index (χ2v) is 6.62. The van der Waals surface area contributed by atoms with Gasteiger partial charge in [0.2, 0.25) is 5.91 Å². The topological polar surface area (TPSA) is 76.4 Å². The van der Waals surface area contributed by atoms with Crippen LogP contribution < -0.4 is 21.3 Å². The van der Waals surface area contributed by atoms with Crippen molar-refractivity contribution in [2.75, 3.05) is 19.7 Å². The second kappa shape index (κ2) is 10.2. The van der Waals surface area contributed by atoms with Gasteiger partial charge in [0, 0.05) is 13.1 Å². The van der Waals surface area contributed by atoms with Gasteiger partial charge in [0.15, 0.2) is 11.6 Å². The number of carbonyl (C=O) groups is 1. The van der Waals surface area contributed by atoms with Gasteiger partial charge >= 0.3 is 0 Å². The second-order valence-electron chi connectivity index (χ2n) is 6.62. The first kappa shape index (κ1) is 19.4. The number of rotatable bonds is 9. The molecule has 1 aliphatic rings. The molecule has 0 aliphatic heterocycles. The summed E-state index contributed by atoms with van der Waals surface area (Å²) in [7, 11) is 0. The van der Waals surface area contributed by atoms with Crippen molar-refractivity contribution in [3.05, 3.63) is 42.7 Å². The molecule has 5 nitrogen and oxygen atoms in total. The molecule has 1 saturated carbocycles. The van der Waals surface area contributed by atoms with Crippen molar-refractivity contribution in [1.82, 2.24) is 10.7 Å². The smallest absolute Gasteiger partial charge is 0.228 e. The zero-order chi connectivity index (χ0) is 18.1. The number of para-hydroxylation sites is 1.